The molecule has 10 aromatic rings. The van der Waals surface area contributed by atoms with Gasteiger partial charge >= 0.3 is 0 Å². The lowest BCUT2D eigenvalue weighted by Gasteiger charge is -2.25. The number of fused-ring (bicyclic) bond motifs is 6. The summed E-state index contributed by atoms with van der Waals surface area (Å²) in [7, 11) is 0. The minimum absolute atomic E-state index is 0.0675. The van der Waals surface area contributed by atoms with E-state index in [1.807, 2.05) is 22.7 Å². The van der Waals surface area contributed by atoms with Crippen LogP contribution in [0.5, 0.6) is 0 Å². The lowest BCUT2D eigenvalue weighted by atomic mass is 9.79. The number of hydrogen-bond acceptors (Lipinski definition) is 2. The molecule has 2 heterocycles. The Morgan fingerprint density at radius 1 is 0.358 bits per heavy atom. The number of hydrogen-bond donors (Lipinski definition) is 0. The zero-order chi connectivity index (χ0) is 45.3. The van der Waals surface area contributed by atoms with Gasteiger partial charge in [-0.05, 0) is 85.2 Å². The van der Waals surface area contributed by atoms with Gasteiger partial charge in [-0.2, -0.15) is 0 Å². The molecule has 0 saturated heterocycles. The molecular formula is C65H52S2. The third-order valence-electron chi connectivity index (χ3n) is 14.8. The number of aryl methyl sites for hydroxylation is 1. The van der Waals surface area contributed by atoms with Crippen molar-refractivity contribution in [3.63, 3.8) is 0 Å². The highest BCUT2D eigenvalue weighted by atomic mass is 32.1. The Hall–Kier alpha value is -6.84. The Kier molecular flexibility index (Phi) is 10.2. The van der Waals surface area contributed by atoms with Crippen molar-refractivity contribution in [2.75, 3.05) is 0 Å². The summed E-state index contributed by atoms with van der Waals surface area (Å²) in [6.45, 7) is 9.70. The summed E-state index contributed by atoms with van der Waals surface area (Å²) in [5, 5.41) is 0. The Balaban J connectivity index is 0.995. The zero-order valence-corrected chi connectivity index (χ0v) is 40.1. The highest BCUT2D eigenvalue weighted by Gasteiger charge is 2.45. The van der Waals surface area contributed by atoms with Crippen LogP contribution in [0.15, 0.2) is 212 Å². The van der Waals surface area contributed by atoms with Crippen molar-refractivity contribution in [3.05, 3.63) is 250 Å². The van der Waals surface area contributed by atoms with E-state index in [2.05, 4.69) is 240 Å². The van der Waals surface area contributed by atoms with Gasteiger partial charge in [-0.1, -0.05) is 240 Å². The molecule has 0 fully saturated rings. The van der Waals surface area contributed by atoms with E-state index in [0.29, 0.717) is 0 Å². The Bertz CT molecular complexity index is 3420. The number of rotatable bonds is 10. The van der Waals surface area contributed by atoms with Gasteiger partial charge in [-0.25, -0.2) is 0 Å². The van der Waals surface area contributed by atoms with Gasteiger partial charge in [-0.3, -0.25) is 0 Å². The highest BCUT2D eigenvalue weighted by molar-refractivity contribution is 7.19. The van der Waals surface area contributed by atoms with Crippen molar-refractivity contribution in [3.8, 4) is 76.5 Å². The summed E-state index contributed by atoms with van der Waals surface area (Å²) >= 11 is 3.99. The van der Waals surface area contributed by atoms with Crippen LogP contribution < -0.4 is 0 Å². The Morgan fingerprint density at radius 2 is 0.806 bits per heavy atom. The van der Waals surface area contributed by atoms with Crippen molar-refractivity contribution in [2.45, 2.75) is 57.3 Å². The topological polar surface area (TPSA) is 0 Å². The van der Waals surface area contributed by atoms with Gasteiger partial charge in [0.15, 0.2) is 0 Å². The first-order valence-electron chi connectivity index (χ1n) is 23.8. The number of thiophene rings is 2. The summed E-state index contributed by atoms with van der Waals surface area (Å²) in [5.74, 6) is 0.210. The molecule has 0 saturated carbocycles. The molecule has 2 heteroatoms. The molecule has 0 nitrogen and oxygen atoms in total. The molecule has 8 aromatic carbocycles. The van der Waals surface area contributed by atoms with E-state index in [1.165, 1.54) is 114 Å². The Morgan fingerprint density at radius 3 is 1.39 bits per heavy atom. The summed E-state index contributed by atoms with van der Waals surface area (Å²) in [4.78, 5) is 5.62. The number of benzene rings is 8. The van der Waals surface area contributed by atoms with Crippen LogP contribution in [0.2, 0.25) is 0 Å². The minimum Gasteiger partial charge on any atom is -0.138 e. The van der Waals surface area contributed by atoms with E-state index in [0.717, 1.165) is 12.8 Å². The fraction of sp³-hybridized carbons (Fsp3) is 0.138. The van der Waals surface area contributed by atoms with E-state index >= 15 is 0 Å². The van der Waals surface area contributed by atoms with Gasteiger partial charge in [0.25, 0.3) is 0 Å². The molecule has 0 spiro atoms. The molecule has 12 rings (SSSR count). The van der Waals surface area contributed by atoms with Crippen LogP contribution in [0.25, 0.3) is 76.5 Å². The normalized spacial score (nSPS) is 14.3. The molecule has 67 heavy (non-hydrogen) atoms. The van der Waals surface area contributed by atoms with Crippen LogP contribution in [-0.2, 0) is 17.3 Å². The molecule has 0 radical (unpaired) electrons. The molecule has 1 unspecified atom stereocenters. The maximum absolute atomic E-state index is 2.54. The van der Waals surface area contributed by atoms with Crippen LogP contribution in [0.1, 0.15) is 77.6 Å². The van der Waals surface area contributed by atoms with Gasteiger partial charge in [0.1, 0.15) is 0 Å². The molecule has 2 aromatic heterocycles. The van der Waals surface area contributed by atoms with Gasteiger partial charge in [0, 0.05) is 58.5 Å². The fourth-order valence-electron chi connectivity index (χ4n) is 11.3. The second kappa shape index (κ2) is 16.5. The summed E-state index contributed by atoms with van der Waals surface area (Å²) in [6.07, 6.45) is 1.97. The monoisotopic (exact) mass is 896 g/mol. The molecular weight excluding hydrogens is 845 g/mol. The van der Waals surface area contributed by atoms with Crippen LogP contribution in [0.4, 0.5) is 0 Å². The average molecular weight is 897 g/mol. The zero-order valence-electron chi connectivity index (χ0n) is 38.5. The molecule has 0 N–H and O–H groups in total. The summed E-state index contributed by atoms with van der Waals surface area (Å²) < 4.78 is 0. The maximum atomic E-state index is 2.54. The summed E-state index contributed by atoms with van der Waals surface area (Å²) in [6, 6.07) is 79.3. The van der Waals surface area contributed by atoms with Crippen LogP contribution in [-0.4, -0.2) is 0 Å². The van der Waals surface area contributed by atoms with E-state index in [9.17, 15) is 0 Å². The summed E-state index contributed by atoms with van der Waals surface area (Å²) in [5.41, 5.74) is 22.7. The molecule has 2 aliphatic rings. The SMILES string of the molecule is CC1(C)c2ccccc2-c2ccc(C(CCc3ccccc3-c3ccccc3)c3ccc(-c4sc5c(c4-c4ccccc4)-c4c(sc(-c6ccccc6)c4-c4ccccc4)C5(C)C)cc3)cc21. The fourth-order valence-corrected chi connectivity index (χ4v) is 14.3. The van der Waals surface area contributed by atoms with Gasteiger partial charge in [0.2, 0.25) is 0 Å². The largest absolute Gasteiger partial charge is 0.138 e. The van der Waals surface area contributed by atoms with Crippen molar-refractivity contribution in [1.82, 2.24) is 0 Å². The van der Waals surface area contributed by atoms with Crippen LogP contribution >= 0.6 is 22.7 Å². The lowest BCUT2D eigenvalue weighted by molar-refractivity contribution is 0.654. The first-order valence-corrected chi connectivity index (χ1v) is 25.4. The predicted molar refractivity (Wildman–Crippen MR) is 288 cm³/mol. The standard InChI is InChI=1S/C65H52S2/c1-64(2)54-32-20-19-31-52(54)53-40-38-49(41-55(53)64)51(39-37-43-23-17-18-30-50(43)42-21-9-5-10-22-42)44-33-35-48(36-34-44)61-57(46-26-13-7-14-27-46)59-58-56(45-24-11-6-12-25-45)60(47-28-15-8-16-29-47)66-62(58)65(3,4)63(59)67-61/h5-36,38,40-41,51H,37,39H2,1-4H3. The van der Waals surface area contributed by atoms with E-state index in [4.69, 9.17) is 0 Å². The van der Waals surface area contributed by atoms with Gasteiger partial charge in [-0.15, -0.1) is 22.7 Å². The first-order chi connectivity index (χ1) is 32.8. The third kappa shape index (κ3) is 6.92. The van der Waals surface area contributed by atoms with Gasteiger partial charge in [0.05, 0.1) is 0 Å². The van der Waals surface area contributed by atoms with E-state index in [1.54, 1.807) is 0 Å². The quantitative estimate of drug-likeness (QED) is 0.128. The van der Waals surface area contributed by atoms with Crippen molar-refractivity contribution in [2.24, 2.45) is 0 Å². The van der Waals surface area contributed by atoms with Crippen LogP contribution in [0, 0.1) is 0 Å². The van der Waals surface area contributed by atoms with Crippen molar-refractivity contribution < 1.29 is 0 Å². The maximum Gasteiger partial charge on any atom is 0.0430 e. The van der Waals surface area contributed by atoms with Crippen molar-refractivity contribution >= 4 is 22.7 Å². The van der Waals surface area contributed by atoms with E-state index < -0.39 is 0 Å². The Labute approximate surface area is 403 Å². The third-order valence-corrected chi connectivity index (χ3v) is 17.9. The first kappa shape index (κ1) is 41.6. The average Bonchev–Trinajstić information content (AvgIpc) is 4.09. The van der Waals surface area contributed by atoms with Gasteiger partial charge < -0.3 is 0 Å². The second-order valence-corrected chi connectivity index (χ2v) is 21.5. The van der Waals surface area contributed by atoms with Crippen LogP contribution in [0.3, 0.4) is 0 Å². The second-order valence-electron chi connectivity index (χ2n) is 19.5. The smallest absolute Gasteiger partial charge is 0.0430 e. The van der Waals surface area contributed by atoms with Crippen molar-refractivity contribution in [1.29, 1.82) is 0 Å². The molecule has 2 aliphatic carbocycles. The predicted octanol–water partition coefficient (Wildman–Crippen LogP) is 18.5. The molecule has 1 atom stereocenters. The highest BCUT2D eigenvalue weighted by Crippen LogP contribution is 2.65. The molecule has 0 amide bonds. The minimum atomic E-state index is -0.152. The lowest BCUT2D eigenvalue weighted by Crippen LogP contribution is -2.15. The molecule has 324 valence electrons. The van der Waals surface area contributed by atoms with E-state index in [-0.39, 0.29) is 16.7 Å². The molecule has 0 bridgehead atoms. The molecule has 0 aliphatic heterocycles.